The van der Waals surface area contributed by atoms with Crippen molar-refractivity contribution in [2.75, 3.05) is 19.0 Å². The summed E-state index contributed by atoms with van der Waals surface area (Å²) in [7, 11) is 1.56. The molecule has 0 bridgehead atoms. The van der Waals surface area contributed by atoms with E-state index in [1.165, 1.54) is 6.07 Å². The van der Waals surface area contributed by atoms with Gasteiger partial charge in [-0.3, -0.25) is 9.78 Å². The molecular weight excluding hydrogens is 525 g/mol. The standard InChI is InChI=1S/C28H25ClFN5O2S/c1-37-24-10-3-2-7-21(24)32-25(36)13-16-35-27(26(33-28(35)38)22-8-4-5-14-31-22)23-9-6-15-34(23)18-11-12-20(30)19(29)17-18/h2-12,14-15,17,26-27H,13,16H2,1H3,(H,32,36)(H,33,38)/t26-,27+/m0/s1. The summed E-state index contributed by atoms with van der Waals surface area (Å²) in [5.41, 5.74) is 3.02. The van der Waals surface area contributed by atoms with Gasteiger partial charge in [0.2, 0.25) is 5.91 Å². The summed E-state index contributed by atoms with van der Waals surface area (Å²) in [6.45, 7) is 0.357. The summed E-state index contributed by atoms with van der Waals surface area (Å²) in [4.78, 5) is 19.5. The number of aromatic nitrogens is 2. The van der Waals surface area contributed by atoms with Crippen molar-refractivity contribution in [1.82, 2.24) is 19.8 Å². The Morgan fingerprint density at radius 1 is 1.16 bits per heavy atom. The first kappa shape index (κ1) is 25.7. The number of amides is 1. The molecule has 38 heavy (non-hydrogen) atoms. The van der Waals surface area contributed by atoms with Crippen LogP contribution in [0.5, 0.6) is 5.75 Å². The molecule has 1 fully saturated rings. The minimum Gasteiger partial charge on any atom is -0.495 e. The maximum Gasteiger partial charge on any atom is 0.226 e. The van der Waals surface area contributed by atoms with E-state index < -0.39 is 5.82 Å². The third kappa shape index (κ3) is 5.20. The second-order valence-electron chi connectivity index (χ2n) is 8.72. The Hall–Kier alpha value is -3.95. The highest BCUT2D eigenvalue weighted by Gasteiger charge is 2.41. The monoisotopic (exact) mass is 549 g/mol. The maximum absolute atomic E-state index is 13.9. The Morgan fingerprint density at radius 2 is 1.97 bits per heavy atom. The third-order valence-corrected chi connectivity index (χ3v) is 7.07. The number of pyridine rings is 1. The van der Waals surface area contributed by atoms with Crippen LogP contribution < -0.4 is 15.4 Å². The topological polar surface area (TPSA) is 71.4 Å². The zero-order chi connectivity index (χ0) is 26.6. The normalized spacial score (nSPS) is 16.8. The number of methoxy groups -OCH3 is 1. The fourth-order valence-electron chi connectivity index (χ4n) is 4.66. The summed E-state index contributed by atoms with van der Waals surface area (Å²) in [5, 5.41) is 6.86. The van der Waals surface area contributed by atoms with Gasteiger partial charge in [-0.15, -0.1) is 0 Å². The van der Waals surface area contributed by atoms with E-state index in [1.807, 2.05) is 58.1 Å². The maximum atomic E-state index is 13.9. The molecule has 4 aromatic rings. The summed E-state index contributed by atoms with van der Waals surface area (Å²) in [5.74, 6) is -0.0667. The minimum absolute atomic E-state index is 0.0355. The smallest absolute Gasteiger partial charge is 0.226 e. The number of ether oxygens (including phenoxy) is 1. The fraction of sp³-hybridized carbons (Fsp3) is 0.179. The number of nitrogens with one attached hydrogen (secondary N) is 2. The highest BCUT2D eigenvalue weighted by Crippen LogP contribution is 2.40. The van der Waals surface area contributed by atoms with Gasteiger partial charge in [0.15, 0.2) is 5.11 Å². The van der Waals surface area contributed by atoms with Crippen molar-refractivity contribution >= 4 is 40.5 Å². The minimum atomic E-state index is -0.484. The van der Waals surface area contributed by atoms with Crippen molar-refractivity contribution in [3.8, 4) is 11.4 Å². The number of benzene rings is 2. The Morgan fingerprint density at radius 3 is 2.74 bits per heavy atom. The van der Waals surface area contributed by atoms with Crippen LogP contribution >= 0.6 is 23.8 Å². The van der Waals surface area contributed by atoms with E-state index in [0.717, 1.165) is 11.4 Å². The van der Waals surface area contributed by atoms with Crippen molar-refractivity contribution in [1.29, 1.82) is 0 Å². The molecule has 7 nitrogen and oxygen atoms in total. The Kier molecular flexibility index (Phi) is 7.57. The number of thiocarbonyl (C=S) groups is 1. The number of hydrogen-bond acceptors (Lipinski definition) is 4. The van der Waals surface area contributed by atoms with Crippen LogP contribution in [0.15, 0.2) is 85.2 Å². The van der Waals surface area contributed by atoms with Crippen LogP contribution in [0, 0.1) is 5.82 Å². The SMILES string of the molecule is COc1ccccc1NC(=O)CCN1C(=S)N[C@@H](c2ccccn2)[C@H]1c1cccn1-c1ccc(F)c(Cl)c1. The van der Waals surface area contributed by atoms with Gasteiger partial charge in [-0.2, -0.15) is 0 Å². The molecule has 1 amide bonds. The lowest BCUT2D eigenvalue weighted by Gasteiger charge is -2.29. The van der Waals surface area contributed by atoms with Crippen LogP contribution in [0.4, 0.5) is 10.1 Å². The lowest BCUT2D eigenvalue weighted by Crippen LogP contribution is -2.33. The summed E-state index contributed by atoms with van der Waals surface area (Å²) in [6, 6.07) is 20.9. The molecule has 2 aromatic heterocycles. The van der Waals surface area contributed by atoms with Crippen LogP contribution in [0.25, 0.3) is 5.69 Å². The molecule has 2 atom stereocenters. The molecular formula is C28H25ClFN5O2S. The van der Waals surface area contributed by atoms with Gasteiger partial charge in [0.25, 0.3) is 0 Å². The van der Waals surface area contributed by atoms with Gasteiger partial charge in [0, 0.05) is 36.7 Å². The summed E-state index contributed by atoms with van der Waals surface area (Å²) in [6.07, 6.45) is 3.82. The lowest BCUT2D eigenvalue weighted by molar-refractivity contribution is -0.116. The highest BCUT2D eigenvalue weighted by molar-refractivity contribution is 7.80. The van der Waals surface area contributed by atoms with E-state index in [4.69, 9.17) is 28.6 Å². The molecule has 1 aliphatic heterocycles. The van der Waals surface area contributed by atoms with E-state index in [2.05, 4.69) is 15.6 Å². The number of rotatable bonds is 8. The molecule has 3 heterocycles. The first-order valence-electron chi connectivity index (χ1n) is 12.0. The number of para-hydroxylation sites is 2. The predicted octanol–water partition coefficient (Wildman–Crippen LogP) is 5.67. The largest absolute Gasteiger partial charge is 0.495 e. The van der Waals surface area contributed by atoms with Gasteiger partial charge < -0.3 is 24.8 Å². The van der Waals surface area contributed by atoms with E-state index in [9.17, 15) is 9.18 Å². The second-order valence-corrected chi connectivity index (χ2v) is 9.51. The van der Waals surface area contributed by atoms with Crippen LogP contribution in [0.2, 0.25) is 5.02 Å². The lowest BCUT2D eigenvalue weighted by atomic mass is 10.0. The van der Waals surface area contributed by atoms with E-state index in [1.54, 1.807) is 37.6 Å². The van der Waals surface area contributed by atoms with Gasteiger partial charge in [0.05, 0.1) is 35.6 Å². The highest BCUT2D eigenvalue weighted by atomic mass is 35.5. The fourth-order valence-corrected chi connectivity index (χ4v) is 5.16. The predicted molar refractivity (Wildman–Crippen MR) is 149 cm³/mol. The third-order valence-electron chi connectivity index (χ3n) is 6.42. The summed E-state index contributed by atoms with van der Waals surface area (Å²) < 4.78 is 21.2. The number of carbonyl (C=O) groups is 1. The molecule has 0 unspecified atom stereocenters. The molecule has 0 saturated carbocycles. The van der Waals surface area contributed by atoms with Crippen LogP contribution in [-0.4, -0.2) is 39.1 Å². The molecule has 2 N–H and O–H groups in total. The molecule has 194 valence electrons. The van der Waals surface area contributed by atoms with E-state index in [0.29, 0.717) is 28.8 Å². The zero-order valence-electron chi connectivity index (χ0n) is 20.5. The number of carbonyl (C=O) groups excluding carboxylic acids is 1. The van der Waals surface area contributed by atoms with Gasteiger partial charge in [0.1, 0.15) is 11.6 Å². The molecule has 0 aliphatic carbocycles. The Labute approximate surface area is 230 Å². The first-order chi connectivity index (χ1) is 18.5. The van der Waals surface area contributed by atoms with Crippen molar-refractivity contribution in [2.24, 2.45) is 0 Å². The molecule has 5 rings (SSSR count). The van der Waals surface area contributed by atoms with Crippen molar-refractivity contribution in [3.05, 3.63) is 107 Å². The number of hydrogen-bond donors (Lipinski definition) is 2. The number of anilines is 1. The Balaban J connectivity index is 1.45. The zero-order valence-corrected chi connectivity index (χ0v) is 22.0. The van der Waals surface area contributed by atoms with Crippen molar-refractivity contribution < 1.29 is 13.9 Å². The van der Waals surface area contributed by atoms with Crippen molar-refractivity contribution in [3.63, 3.8) is 0 Å². The quantitative estimate of drug-likeness (QED) is 0.276. The first-order valence-corrected chi connectivity index (χ1v) is 12.8. The van der Waals surface area contributed by atoms with E-state index >= 15 is 0 Å². The van der Waals surface area contributed by atoms with Crippen LogP contribution in [0.1, 0.15) is 29.9 Å². The van der Waals surface area contributed by atoms with Gasteiger partial charge in [-0.25, -0.2) is 4.39 Å². The van der Waals surface area contributed by atoms with Gasteiger partial charge >= 0.3 is 0 Å². The van der Waals surface area contributed by atoms with Crippen LogP contribution in [-0.2, 0) is 4.79 Å². The van der Waals surface area contributed by atoms with Gasteiger partial charge in [-0.1, -0.05) is 29.8 Å². The molecule has 2 aromatic carbocycles. The van der Waals surface area contributed by atoms with Crippen LogP contribution in [0.3, 0.4) is 0 Å². The van der Waals surface area contributed by atoms with Gasteiger partial charge in [-0.05, 0) is 66.8 Å². The van der Waals surface area contributed by atoms with E-state index in [-0.39, 0.29) is 29.4 Å². The molecule has 0 radical (unpaired) electrons. The average molecular weight is 550 g/mol. The summed E-state index contributed by atoms with van der Waals surface area (Å²) >= 11 is 11.8. The number of nitrogens with zero attached hydrogens (tertiary/aromatic N) is 3. The molecule has 0 spiro atoms. The second kappa shape index (κ2) is 11.2. The molecule has 10 heteroatoms. The van der Waals surface area contributed by atoms with Crippen molar-refractivity contribution in [2.45, 2.75) is 18.5 Å². The molecule has 1 aliphatic rings. The number of halogens is 2. The average Bonchev–Trinajstić information content (AvgIpc) is 3.54. The molecule has 1 saturated heterocycles. The Bertz CT molecular complexity index is 1460.